The van der Waals surface area contributed by atoms with Crippen molar-refractivity contribution >= 4 is 28.3 Å². The Balaban J connectivity index is 2.28. The maximum Gasteiger partial charge on any atom is 0.417 e. The third kappa shape index (κ3) is 2.41. The summed E-state index contributed by atoms with van der Waals surface area (Å²) in [6, 6.07) is 9.11. The molecule has 86 valence electrons. The Morgan fingerprint density at radius 2 is 2.12 bits per heavy atom. The van der Waals surface area contributed by atoms with E-state index in [1.165, 1.54) is 11.0 Å². The number of hydrogen-bond donors (Lipinski definition) is 0. The normalized spacial score (nSPS) is 19.6. The first-order chi connectivity index (χ1) is 8.24. The summed E-state index contributed by atoms with van der Waals surface area (Å²) in [5.74, 6) is -0.309. The van der Waals surface area contributed by atoms with Gasteiger partial charge in [-0.1, -0.05) is 30.3 Å². The van der Waals surface area contributed by atoms with Gasteiger partial charge in [0, 0.05) is 0 Å². The van der Waals surface area contributed by atoms with E-state index >= 15 is 0 Å². The molecular formula is C12H12AlNO3. The Hall–Kier alpha value is -1.57. The molecule has 17 heavy (non-hydrogen) atoms. The Morgan fingerprint density at radius 1 is 1.41 bits per heavy atom. The van der Waals surface area contributed by atoms with Gasteiger partial charge in [0.15, 0.2) is 0 Å². The van der Waals surface area contributed by atoms with Crippen molar-refractivity contribution in [2.24, 2.45) is 0 Å². The second-order valence-electron chi connectivity index (χ2n) is 3.71. The van der Waals surface area contributed by atoms with Gasteiger partial charge >= 0.3 is 6.09 Å². The van der Waals surface area contributed by atoms with Crippen molar-refractivity contribution in [2.75, 3.05) is 6.61 Å². The molecule has 0 bridgehead atoms. The van der Waals surface area contributed by atoms with Gasteiger partial charge in [-0.05, 0) is 11.6 Å². The molecule has 0 radical (unpaired) electrons. The lowest BCUT2D eigenvalue weighted by Gasteiger charge is -2.18. The molecule has 0 spiro atoms. The smallest absolute Gasteiger partial charge is 0.417 e. The van der Waals surface area contributed by atoms with Gasteiger partial charge in [-0.3, -0.25) is 4.79 Å². The minimum atomic E-state index is -0.566. The van der Waals surface area contributed by atoms with Crippen LogP contribution in [-0.4, -0.2) is 39.8 Å². The molecule has 4 nitrogen and oxygen atoms in total. The summed E-state index contributed by atoms with van der Waals surface area (Å²) in [6.07, 6.45) is 0.859. The molecule has 0 unspecified atom stereocenters. The summed E-state index contributed by atoms with van der Waals surface area (Å²) in [5.41, 5.74) is 0.911. The zero-order valence-electron chi connectivity index (χ0n) is 9.50. The van der Waals surface area contributed by atoms with Crippen LogP contribution in [0.5, 0.6) is 0 Å². The fourth-order valence-electron chi connectivity index (χ4n) is 1.81. The topological polar surface area (TPSA) is 46.6 Å². The predicted octanol–water partition coefficient (Wildman–Crippen LogP) is 0.853. The number of rotatable bonds is 2. The molecule has 5 heteroatoms. The summed E-state index contributed by atoms with van der Waals surface area (Å²) in [5, 5.41) is 0. The van der Waals surface area contributed by atoms with Gasteiger partial charge in [-0.2, -0.15) is 0 Å². The molecule has 1 aromatic rings. The number of amides is 2. The molecule has 1 atom stereocenters. The van der Waals surface area contributed by atoms with Crippen LogP contribution >= 0.6 is 0 Å². The molecule has 1 aromatic carbocycles. The average molecular weight is 245 g/mol. The maximum atomic E-state index is 11.8. The van der Waals surface area contributed by atoms with E-state index in [9.17, 15) is 9.59 Å². The van der Waals surface area contributed by atoms with Crippen LogP contribution in [0.3, 0.4) is 0 Å². The Kier molecular flexibility index (Phi) is 3.62. The largest absolute Gasteiger partial charge is 0.446 e. The van der Waals surface area contributed by atoms with Gasteiger partial charge in [0.25, 0.3) is 5.91 Å². The summed E-state index contributed by atoms with van der Waals surface area (Å²) >= 11 is 0.785. The van der Waals surface area contributed by atoms with E-state index in [1.807, 2.05) is 30.3 Å². The molecule has 1 fully saturated rings. The number of benzene rings is 1. The molecule has 1 aliphatic rings. The van der Waals surface area contributed by atoms with E-state index in [0.29, 0.717) is 0 Å². The summed E-state index contributed by atoms with van der Waals surface area (Å²) in [4.78, 5) is 26.3. The van der Waals surface area contributed by atoms with E-state index in [4.69, 9.17) is 4.74 Å². The second-order valence-corrected chi connectivity index (χ2v) is 4.38. The van der Waals surface area contributed by atoms with Crippen molar-refractivity contribution in [3.05, 3.63) is 46.9 Å². The first-order valence-corrected chi connectivity index (χ1v) is 6.57. The number of ether oxygens (including phenoxy) is 1. The van der Waals surface area contributed by atoms with Gasteiger partial charge < -0.3 is 4.74 Å². The standard InChI is InChI=1S/C12H10NO3.Al.2H/c1-2-11(14)13-10(8-16-12(13)15)9-6-4-3-5-7-9;;;/h1-7,10H,8H2;;;/t10-;;;/m0.../s1. The Labute approximate surface area is 107 Å². The SMILES string of the molecule is O=C(/C=[CH]/[AlH2])N1C(=O)OC[C@H]1c1ccccc1. The van der Waals surface area contributed by atoms with E-state index in [0.717, 1.165) is 21.9 Å². The van der Waals surface area contributed by atoms with Crippen molar-refractivity contribution in [3.63, 3.8) is 0 Å². The van der Waals surface area contributed by atoms with Crippen LogP contribution < -0.4 is 0 Å². The van der Waals surface area contributed by atoms with Crippen LogP contribution in [0.2, 0.25) is 0 Å². The van der Waals surface area contributed by atoms with Crippen LogP contribution in [0.15, 0.2) is 41.3 Å². The van der Waals surface area contributed by atoms with E-state index < -0.39 is 6.09 Å². The van der Waals surface area contributed by atoms with Crippen LogP contribution in [-0.2, 0) is 9.53 Å². The van der Waals surface area contributed by atoms with E-state index in [-0.39, 0.29) is 18.6 Å². The quantitative estimate of drug-likeness (QED) is 0.573. The molecule has 0 aliphatic carbocycles. The first-order valence-electron chi connectivity index (χ1n) is 5.41. The fraction of sp³-hybridized carbons (Fsp3) is 0.167. The van der Waals surface area contributed by atoms with Crippen molar-refractivity contribution in [1.29, 1.82) is 0 Å². The predicted molar refractivity (Wildman–Crippen MR) is 65.1 cm³/mol. The number of carbonyl (C=O) groups excluding carboxylic acids is 2. The highest BCUT2D eigenvalue weighted by molar-refractivity contribution is 6.19. The van der Waals surface area contributed by atoms with Crippen LogP contribution in [0.1, 0.15) is 11.6 Å². The van der Waals surface area contributed by atoms with Crippen LogP contribution in [0, 0.1) is 0 Å². The Morgan fingerprint density at radius 3 is 2.76 bits per heavy atom. The third-order valence-electron chi connectivity index (χ3n) is 2.60. The summed E-state index contributed by atoms with van der Waals surface area (Å²) < 4.78 is 4.94. The molecule has 0 N–H and O–H groups in total. The van der Waals surface area contributed by atoms with Crippen molar-refractivity contribution in [3.8, 4) is 0 Å². The van der Waals surface area contributed by atoms with Gasteiger partial charge in [0.1, 0.15) is 12.6 Å². The number of imide groups is 1. The van der Waals surface area contributed by atoms with E-state index in [2.05, 4.69) is 0 Å². The molecule has 0 saturated carbocycles. The molecule has 1 saturated heterocycles. The fourth-order valence-corrected chi connectivity index (χ4v) is 2.09. The molecule has 2 amide bonds. The number of carbonyl (C=O) groups is 2. The van der Waals surface area contributed by atoms with Crippen LogP contribution in [0.4, 0.5) is 4.79 Å². The van der Waals surface area contributed by atoms with Gasteiger partial charge in [-0.15, -0.1) is 4.94 Å². The number of hydrogen-bond acceptors (Lipinski definition) is 3. The highest BCUT2D eigenvalue weighted by Crippen LogP contribution is 2.27. The number of nitrogens with zero attached hydrogens (tertiary/aromatic N) is 1. The zero-order valence-corrected chi connectivity index (χ0v) is 11.5. The highest BCUT2D eigenvalue weighted by atomic mass is 27.0. The van der Waals surface area contributed by atoms with Gasteiger partial charge in [0.05, 0.1) is 0 Å². The molecule has 2 rings (SSSR count). The monoisotopic (exact) mass is 245 g/mol. The lowest BCUT2D eigenvalue weighted by Crippen LogP contribution is -2.32. The average Bonchev–Trinajstić information content (AvgIpc) is 2.73. The molecule has 1 heterocycles. The third-order valence-corrected chi connectivity index (χ3v) is 2.94. The van der Waals surface area contributed by atoms with Gasteiger partial charge in [-0.25, -0.2) is 9.69 Å². The lowest BCUT2D eigenvalue weighted by atomic mass is 10.1. The molecular weight excluding hydrogens is 233 g/mol. The van der Waals surface area contributed by atoms with Crippen molar-refractivity contribution in [2.45, 2.75) is 6.04 Å². The first kappa shape index (κ1) is 11.9. The minimum Gasteiger partial charge on any atom is -0.446 e. The molecule has 0 aromatic heterocycles. The zero-order chi connectivity index (χ0) is 12.3. The van der Waals surface area contributed by atoms with E-state index in [1.54, 1.807) is 4.94 Å². The second kappa shape index (κ2) is 5.17. The van der Waals surface area contributed by atoms with Crippen molar-refractivity contribution in [1.82, 2.24) is 4.90 Å². The van der Waals surface area contributed by atoms with Gasteiger partial charge in [0.2, 0.25) is 16.3 Å². The highest BCUT2D eigenvalue weighted by Gasteiger charge is 2.37. The Bertz CT molecular complexity index is 458. The lowest BCUT2D eigenvalue weighted by molar-refractivity contribution is -0.124. The summed E-state index contributed by atoms with van der Waals surface area (Å²) in [6.45, 7) is 0.226. The maximum absolute atomic E-state index is 11.8. The van der Waals surface area contributed by atoms with Crippen LogP contribution in [0.25, 0.3) is 0 Å². The summed E-state index contributed by atoms with van der Waals surface area (Å²) in [7, 11) is 0. The minimum absolute atomic E-state index is 0.226. The number of cyclic esters (lactones) is 1. The van der Waals surface area contributed by atoms with Crippen molar-refractivity contribution < 1.29 is 14.3 Å². The molecule has 1 aliphatic heterocycles.